The minimum Gasteiger partial charge on any atom is -0.480 e. The quantitative estimate of drug-likeness (QED) is 0.694. The van der Waals surface area contributed by atoms with Crippen LogP contribution in [0, 0.1) is 5.92 Å². The van der Waals surface area contributed by atoms with Crippen LogP contribution in [0.5, 0.6) is 0 Å². The van der Waals surface area contributed by atoms with Gasteiger partial charge < -0.3 is 16.2 Å². The van der Waals surface area contributed by atoms with Gasteiger partial charge in [0, 0.05) is 5.92 Å². The van der Waals surface area contributed by atoms with E-state index in [1.54, 1.807) is 0 Å². The van der Waals surface area contributed by atoms with E-state index < -0.39 is 24.3 Å². The lowest BCUT2D eigenvalue weighted by Gasteiger charge is -2.16. The van der Waals surface area contributed by atoms with Gasteiger partial charge in [0.1, 0.15) is 6.04 Å². The molecule has 0 spiro atoms. The summed E-state index contributed by atoms with van der Waals surface area (Å²) < 4.78 is 0. The SMILES string of the molecule is NC(=O)C[C@H](NC(=O)C1Cc2ccccc2C1)C(=O)O. The van der Waals surface area contributed by atoms with Crippen LogP contribution in [0.1, 0.15) is 17.5 Å². The first-order chi connectivity index (χ1) is 9.47. The molecule has 2 amide bonds. The Hall–Kier alpha value is -2.37. The van der Waals surface area contributed by atoms with E-state index in [2.05, 4.69) is 5.32 Å². The highest BCUT2D eigenvalue weighted by Crippen LogP contribution is 2.26. The lowest BCUT2D eigenvalue weighted by molar-refractivity contribution is -0.143. The van der Waals surface area contributed by atoms with Gasteiger partial charge in [-0.15, -0.1) is 0 Å². The molecule has 0 unspecified atom stereocenters. The van der Waals surface area contributed by atoms with E-state index in [-0.39, 0.29) is 11.8 Å². The third kappa shape index (κ3) is 3.14. The molecule has 106 valence electrons. The third-order valence-corrected chi connectivity index (χ3v) is 3.44. The molecular weight excluding hydrogens is 260 g/mol. The second-order valence-corrected chi connectivity index (χ2v) is 4.94. The van der Waals surface area contributed by atoms with E-state index in [0.29, 0.717) is 12.8 Å². The molecule has 0 saturated heterocycles. The number of carbonyl (C=O) groups excluding carboxylic acids is 2. The van der Waals surface area contributed by atoms with E-state index in [4.69, 9.17) is 10.8 Å². The number of nitrogens with two attached hydrogens (primary N) is 1. The predicted molar refractivity (Wildman–Crippen MR) is 70.7 cm³/mol. The first kappa shape index (κ1) is 14.0. The van der Waals surface area contributed by atoms with E-state index in [0.717, 1.165) is 11.1 Å². The molecule has 0 heterocycles. The second-order valence-electron chi connectivity index (χ2n) is 4.94. The molecule has 4 N–H and O–H groups in total. The Morgan fingerprint density at radius 1 is 1.25 bits per heavy atom. The van der Waals surface area contributed by atoms with Crippen LogP contribution >= 0.6 is 0 Å². The number of hydrogen-bond acceptors (Lipinski definition) is 3. The first-order valence-electron chi connectivity index (χ1n) is 6.35. The Labute approximate surface area is 116 Å². The molecule has 0 aliphatic heterocycles. The molecule has 1 aromatic carbocycles. The van der Waals surface area contributed by atoms with Crippen LogP contribution in [-0.4, -0.2) is 28.9 Å². The number of carbonyl (C=O) groups is 3. The fourth-order valence-electron chi connectivity index (χ4n) is 2.44. The summed E-state index contributed by atoms with van der Waals surface area (Å²) in [5.74, 6) is -2.66. The molecule has 0 aromatic heterocycles. The van der Waals surface area contributed by atoms with Gasteiger partial charge in [0.25, 0.3) is 0 Å². The van der Waals surface area contributed by atoms with Gasteiger partial charge >= 0.3 is 5.97 Å². The zero-order valence-electron chi connectivity index (χ0n) is 10.8. The van der Waals surface area contributed by atoms with Crippen molar-refractivity contribution in [3.8, 4) is 0 Å². The number of hydrogen-bond donors (Lipinski definition) is 3. The monoisotopic (exact) mass is 276 g/mol. The Balaban J connectivity index is 1.99. The van der Waals surface area contributed by atoms with Crippen molar-refractivity contribution in [1.82, 2.24) is 5.32 Å². The summed E-state index contributed by atoms with van der Waals surface area (Å²) in [6.07, 6.45) is 0.774. The van der Waals surface area contributed by atoms with Crippen LogP contribution in [0.15, 0.2) is 24.3 Å². The van der Waals surface area contributed by atoms with Crippen molar-refractivity contribution in [2.75, 3.05) is 0 Å². The maximum atomic E-state index is 12.1. The average Bonchev–Trinajstić information content (AvgIpc) is 2.81. The summed E-state index contributed by atoms with van der Waals surface area (Å²) >= 11 is 0. The maximum Gasteiger partial charge on any atom is 0.326 e. The van der Waals surface area contributed by atoms with Crippen molar-refractivity contribution < 1.29 is 19.5 Å². The van der Waals surface area contributed by atoms with Crippen molar-refractivity contribution in [2.24, 2.45) is 11.7 Å². The molecule has 6 nitrogen and oxygen atoms in total. The third-order valence-electron chi connectivity index (χ3n) is 3.44. The smallest absolute Gasteiger partial charge is 0.326 e. The molecule has 0 bridgehead atoms. The molecule has 1 aliphatic rings. The van der Waals surface area contributed by atoms with Gasteiger partial charge in [0.15, 0.2) is 0 Å². The standard InChI is InChI=1S/C14H16N2O4/c15-12(17)7-11(14(19)20)16-13(18)10-5-8-3-1-2-4-9(8)6-10/h1-4,10-11H,5-7H2,(H2,15,17)(H,16,18)(H,19,20)/t11-/m0/s1. The van der Waals surface area contributed by atoms with Gasteiger partial charge in [-0.25, -0.2) is 4.79 Å². The van der Waals surface area contributed by atoms with Crippen molar-refractivity contribution >= 4 is 17.8 Å². The number of rotatable bonds is 5. The molecule has 0 saturated carbocycles. The van der Waals surface area contributed by atoms with Crippen LogP contribution in [0.4, 0.5) is 0 Å². The van der Waals surface area contributed by atoms with Gasteiger partial charge in [-0.05, 0) is 24.0 Å². The fourth-order valence-corrected chi connectivity index (χ4v) is 2.44. The van der Waals surface area contributed by atoms with Crippen LogP contribution in [0.2, 0.25) is 0 Å². The molecule has 0 radical (unpaired) electrons. The number of primary amides is 1. The molecule has 0 fully saturated rings. The number of carboxylic acid groups (broad SMARTS) is 1. The highest BCUT2D eigenvalue weighted by molar-refractivity contribution is 5.89. The van der Waals surface area contributed by atoms with Crippen molar-refractivity contribution in [3.63, 3.8) is 0 Å². The Morgan fingerprint density at radius 3 is 2.25 bits per heavy atom. The number of fused-ring (bicyclic) bond motifs is 1. The molecule has 1 aromatic rings. The number of nitrogens with one attached hydrogen (secondary N) is 1. The summed E-state index contributed by atoms with van der Waals surface area (Å²) in [5.41, 5.74) is 7.19. The zero-order chi connectivity index (χ0) is 14.7. The Kier molecular flexibility index (Phi) is 4.02. The summed E-state index contributed by atoms with van der Waals surface area (Å²) in [7, 11) is 0. The molecule has 1 atom stereocenters. The minimum atomic E-state index is -1.26. The summed E-state index contributed by atoms with van der Waals surface area (Å²) in [6, 6.07) is 6.48. The lowest BCUT2D eigenvalue weighted by atomic mass is 10.0. The summed E-state index contributed by atoms with van der Waals surface area (Å²) in [4.78, 5) is 33.9. The largest absolute Gasteiger partial charge is 0.480 e. The average molecular weight is 276 g/mol. The van der Waals surface area contributed by atoms with Gasteiger partial charge in [0.2, 0.25) is 11.8 Å². The number of aliphatic carboxylic acids is 1. The van der Waals surface area contributed by atoms with E-state index >= 15 is 0 Å². The topological polar surface area (TPSA) is 109 Å². The summed E-state index contributed by atoms with van der Waals surface area (Å²) in [6.45, 7) is 0. The molecule has 20 heavy (non-hydrogen) atoms. The van der Waals surface area contributed by atoms with Gasteiger partial charge in [-0.1, -0.05) is 24.3 Å². The van der Waals surface area contributed by atoms with Gasteiger partial charge in [0.05, 0.1) is 6.42 Å². The Morgan fingerprint density at radius 2 is 1.80 bits per heavy atom. The maximum absolute atomic E-state index is 12.1. The molecule has 2 rings (SSSR count). The molecule has 6 heteroatoms. The zero-order valence-corrected chi connectivity index (χ0v) is 10.8. The second kappa shape index (κ2) is 5.73. The predicted octanol–water partition coefficient (Wildman–Crippen LogP) is -0.154. The molecular formula is C14H16N2O4. The lowest BCUT2D eigenvalue weighted by Crippen LogP contribution is -2.45. The number of amides is 2. The van der Waals surface area contributed by atoms with Crippen molar-refractivity contribution in [2.45, 2.75) is 25.3 Å². The van der Waals surface area contributed by atoms with E-state index in [9.17, 15) is 14.4 Å². The molecule has 1 aliphatic carbocycles. The van der Waals surface area contributed by atoms with Crippen molar-refractivity contribution in [3.05, 3.63) is 35.4 Å². The number of benzene rings is 1. The fraction of sp³-hybridized carbons (Fsp3) is 0.357. The van der Waals surface area contributed by atoms with Crippen LogP contribution in [0.25, 0.3) is 0 Å². The van der Waals surface area contributed by atoms with Crippen LogP contribution < -0.4 is 11.1 Å². The summed E-state index contributed by atoms with van der Waals surface area (Å²) in [5, 5.41) is 11.4. The van der Waals surface area contributed by atoms with Crippen LogP contribution in [0.3, 0.4) is 0 Å². The highest BCUT2D eigenvalue weighted by Gasteiger charge is 2.30. The minimum absolute atomic E-state index is 0.290. The van der Waals surface area contributed by atoms with E-state index in [1.807, 2.05) is 24.3 Å². The van der Waals surface area contributed by atoms with Crippen molar-refractivity contribution in [1.29, 1.82) is 0 Å². The Bertz CT molecular complexity index is 531. The van der Waals surface area contributed by atoms with Gasteiger partial charge in [-0.2, -0.15) is 0 Å². The van der Waals surface area contributed by atoms with E-state index in [1.165, 1.54) is 0 Å². The van der Waals surface area contributed by atoms with Crippen LogP contribution in [-0.2, 0) is 27.2 Å². The first-order valence-corrected chi connectivity index (χ1v) is 6.35. The normalized spacial score (nSPS) is 15.4. The van der Waals surface area contributed by atoms with Gasteiger partial charge in [-0.3, -0.25) is 9.59 Å². The highest BCUT2D eigenvalue weighted by atomic mass is 16.4. The number of carboxylic acids is 1.